The van der Waals surface area contributed by atoms with Gasteiger partial charge in [0, 0.05) is 19.1 Å². The fourth-order valence-electron chi connectivity index (χ4n) is 2.76. The van der Waals surface area contributed by atoms with Crippen LogP contribution in [0.1, 0.15) is 53.9 Å². The lowest BCUT2D eigenvalue weighted by Crippen LogP contribution is -2.48. The van der Waals surface area contributed by atoms with Crippen LogP contribution in [0, 0.1) is 5.92 Å². The number of amides is 1. The van der Waals surface area contributed by atoms with Crippen molar-refractivity contribution < 1.29 is 19.1 Å². The maximum absolute atomic E-state index is 12.3. The maximum Gasteiger partial charge on any atom is 0.410 e. The lowest BCUT2D eigenvalue weighted by Gasteiger charge is -2.29. The molecule has 1 rings (SSSR count). The molecule has 0 aromatic rings. The van der Waals surface area contributed by atoms with Crippen LogP contribution >= 0.6 is 0 Å². The lowest BCUT2D eigenvalue weighted by atomic mass is 10.0. The smallest absolute Gasteiger partial charge is 0.410 e. The van der Waals surface area contributed by atoms with Gasteiger partial charge in [0.15, 0.2) is 0 Å². The maximum atomic E-state index is 12.3. The van der Waals surface area contributed by atoms with Gasteiger partial charge < -0.3 is 19.7 Å². The summed E-state index contributed by atoms with van der Waals surface area (Å²) < 4.78 is 10.3. The summed E-state index contributed by atoms with van der Waals surface area (Å²) in [7, 11) is 1.40. The van der Waals surface area contributed by atoms with E-state index in [1.165, 1.54) is 7.11 Å². The fraction of sp³-hybridized carbons (Fsp3) is 0.882. The summed E-state index contributed by atoms with van der Waals surface area (Å²) >= 11 is 0. The van der Waals surface area contributed by atoms with E-state index in [1.54, 1.807) is 4.90 Å². The van der Waals surface area contributed by atoms with Crippen LogP contribution in [-0.2, 0) is 14.3 Å². The van der Waals surface area contributed by atoms with Crippen LogP contribution in [0.2, 0.25) is 0 Å². The molecule has 0 spiro atoms. The highest BCUT2D eigenvalue weighted by molar-refractivity contribution is 5.75. The number of nitrogens with zero attached hydrogens (tertiary/aromatic N) is 1. The quantitative estimate of drug-likeness (QED) is 0.759. The number of methoxy groups -OCH3 is 1. The molecule has 1 fully saturated rings. The van der Waals surface area contributed by atoms with Gasteiger partial charge in [0.1, 0.15) is 11.6 Å². The first-order valence-electron chi connectivity index (χ1n) is 8.45. The van der Waals surface area contributed by atoms with Gasteiger partial charge in [0.2, 0.25) is 0 Å². The molecule has 1 aliphatic rings. The molecule has 23 heavy (non-hydrogen) atoms. The van der Waals surface area contributed by atoms with Crippen molar-refractivity contribution in [2.45, 2.75) is 71.6 Å². The number of carbonyl (C=O) groups excluding carboxylic acids is 2. The molecule has 1 aliphatic heterocycles. The minimum Gasteiger partial charge on any atom is -0.468 e. The molecule has 6 nitrogen and oxygen atoms in total. The lowest BCUT2D eigenvalue weighted by molar-refractivity contribution is -0.143. The Morgan fingerprint density at radius 3 is 2.48 bits per heavy atom. The topological polar surface area (TPSA) is 67.9 Å². The van der Waals surface area contributed by atoms with Crippen molar-refractivity contribution in [3.05, 3.63) is 0 Å². The third-order valence-corrected chi connectivity index (χ3v) is 3.80. The monoisotopic (exact) mass is 328 g/mol. The van der Waals surface area contributed by atoms with Crippen LogP contribution in [-0.4, -0.2) is 54.8 Å². The van der Waals surface area contributed by atoms with E-state index in [0.717, 1.165) is 12.8 Å². The molecule has 2 unspecified atom stereocenters. The third kappa shape index (κ3) is 6.77. The molecule has 1 heterocycles. The Hall–Kier alpha value is -1.30. The van der Waals surface area contributed by atoms with Crippen LogP contribution < -0.4 is 5.32 Å². The van der Waals surface area contributed by atoms with Gasteiger partial charge in [-0.15, -0.1) is 0 Å². The molecule has 6 heteroatoms. The van der Waals surface area contributed by atoms with Gasteiger partial charge in [0.25, 0.3) is 0 Å². The number of nitrogens with one attached hydrogen (secondary N) is 1. The number of carbonyl (C=O) groups is 2. The van der Waals surface area contributed by atoms with Crippen molar-refractivity contribution in [3.63, 3.8) is 0 Å². The van der Waals surface area contributed by atoms with E-state index < -0.39 is 5.60 Å². The van der Waals surface area contributed by atoms with Gasteiger partial charge in [-0.05, 0) is 46.0 Å². The molecule has 1 saturated heterocycles. The number of hydrogen-bond acceptors (Lipinski definition) is 5. The molecule has 0 aromatic carbocycles. The van der Waals surface area contributed by atoms with E-state index in [0.29, 0.717) is 25.4 Å². The zero-order chi connectivity index (χ0) is 17.6. The highest BCUT2D eigenvalue weighted by Gasteiger charge is 2.33. The third-order valence-electron chi connectivity index (χ3n) is 3.80. The standard InChI is InChI=1S/C17H32N2O4/c1-12(2)10-14(15(20)22-6)18-11-13-8-7-9-19(13)16(21)23-17(3,4)5/h12-14,18H,7-11H2,1-6H3. The van der Waals surface area contributed by atoms with Crippen LogP contribution in [0.4, 0.5) is 4.79 Å². The predicted octanol–water partition coefficient (Wildman–Crippen LogP) is 2.56. The summed E-state index contributed by atoms with van der Waals surface area (Å²) in [6.07, 6.45) is 2.31. The molecule has 0 saturated carbocycles. The molecule has 0 aromatic heterocycles. The number of likely N-dealkylation sites (tertiary alicyclic amines) is 1. The van der Waals surface area contributed by atoms with Gasteiger partial charge >= 0.3 is 12.1 Å². The largest absolute Gasteiger partial charge is 0.468 e. The van der Waals surface area contributed by atoms with Crippen LogP contribution in [0.25, 0.3) is 0 Å². The minimum atomic E-state index is -0.496. The summed E-state index contributed by atoms with van der Waals surface area (Å²) in [6.45, 7) is 11.0. The predicted molar refractivity (Wildman–Crippen MR) is 89.2 cm³/mol. The molecule has 0 radical (unpaired) electrons. The van der Waals surface area contributed by atoms with Crippen LogP contribution in [0.5, 0.6) is 0 Å². The molecule has 134 valence electrons. The SMILES string of the molecule is COC(=O)C(CC(C)C)NCC1CCCN1C(=O)OC(C)(C)C. The fourth-order valence-corrected chi connectivity index (χ4v) is 2.76. The normalized spacial score (nSPS) is 19.8. The molecule has 0 aliphatic carbocycles. The van der Waals surface area contributed by atoms with Crippen LogP contribution in [0.15, 0.2) is 0 Å². The Morgan fingerprint density at radius 1 is 1.30 bits per heavy atom. The Balaban J connectivity index is 2.59. The highest BCUT2D eigenvalue weighted by Crippen LogP contribution is 2.20. The summed E-state index contributed by atoms with van der Waals surface area (Å²) in [5, 5.41) is 3.27. The zero-order valence-corrected chi connectivity index (χ0v) is 15.3. The summed E-state index contributed by atoms with van der Waals surface area (Å²) in [6, 6.07) is -0.273. The van der Waals surface area contributed by atoms with Crippen molar-refractivity contribution in [1.82, 2.24) is 10.2 Å². The first-order chi connectivity index (χ1) is 10.6. The molecule has 1 amide bonds. The summed E-state index contributed by atoms with van der Waals surface area (Å²) in [5.74, 6) is 0.137. The Kier molecular flexibility index (Phi) is 7.32. The van der Waals surface area contributed by atoms with Crippen molar-refractivity contribution in [1.29, 1.82) is 0 Å². The Morgan fingerprint density at radius 2 is 1.96 bits per heavy atom. The second kappa shape index (κ2) is 8.52. The van der Waals surface area contributed by atoms with Crippen LogP contribution in [0.3, 0.4) is 0 Å². The van der Waals surface area contributed by atoms with E-state index in [4.69, 9.17) is 9.47 Å². The van der Waals surface area contributed by atoms with E-state index in [1.807, 2.05) is 20.8 Å². The van der Waals surface area contributed by atoms with E-state index in [9.17, 15) is 9.59 Å². The molecular weight excluding hydrogens is 296 g/mol. The highest BCUT2D eigenvalue weighted by atomic mass is 16.6. The Labute approximate surface area is 139 Å². The second-order valence-corrected chi connectivity index (χ2v) is 7.58. The Bertz CT molecular complexity index is 404. The van der Waals surface area contributed by atoms with Crippen molar-refractivity contribution in [3.8, 4) is 0 Å². The molecule has 1 N–H and O–H groups in total. The zero-order valence-electron chi connectivity index (χ0n) is 15.3. The summed E-state index contributed by atoms with van der Waals surface area (Å²) in [5.41, 5.74) is -0.496. The van der Waals surface area contributed by atoms with Crippen molar-refractivity contribution in [2.75, 3.05) is 20.2 Å². The van der Waals surface area contributed by atoms with Crippen molar-refractivity contribution >= 4 is 12.1 Å². The van der Waals surface area contributed by atoms with Gasteiger partial charge in [-0.1, -0.05) is 13.8 Å². The van der Waals surface area contributed by atoms with E-state index in [2.05, 4.69) is 19.2 Å². The average molecular weight is 328 g/mol. The van der Waals surface area contributed by atoms with E-state index in [-0.39, 0.29) is 24.1 Å². The first-order valence-corrected chi connectivity index (χ1v) is 8.45. The van der Waals surface area contributed by atoms with Gasteiger partial charge in [0.05, 0.1) is 7.11 Å². The molecule has 0 bridgehead atoms. The molecule has 2 atom stereocenters. The number of hydrogen-bond donors (Lipinski definition) is 1. The summed E-state index contributed by atoms with van der Waals surface area (Å²) in [4.78, 5) is 25.9. The van der Waals surface area contributed by atoms with Gasteiger partial charge in [-0.3, -0.25) is 4.79 Å². The van der Waals surface area contributed by atoms with Crippen molar-refractivity contribution in [2.24, 2.45) is 5.92 Å². The number of esters is 1. The second-order valence-electron chi connectivity index (χ2n) is 7.58. The van der Waals surface area contributed by atoms with Gasteiger partial charge in [-0.2, -0.15) is 0 Å². The first kappa shape index (κ1) is 19.7. The van der Waals surface area contributed by atoms with E-state index >= 15 is 0 Å². The molecular formula is C17H32N2O4. The number of ether oxygens (including phenoxy) is 2. The van der Waals surface area contributed by atoms with Gasteiger partial charge in [-0.25, -0.2) is 4.79 Å². The minimum absolute atomic E-state index is 0.0594. The number of rotatable bonds is 6. The average Bonchev–Trinajstić information content (AvgIpc) is 2.88.